The highest BCUT2D eigenvalue weighted by Gasteiger charge is 2.13. The highest BCUT2D eigenvalue weighted by Crippen LogP contribution is 2.31. The molecule has 0 N–H and O–H groups in total. The molecular weight excluding hydrogens is 389 g/mol. The van der Waals surface area contributed by atoms with Crippen molar-refractivity contribution < 1.29 is 4.74 Å². The molecule has 0 saturated carbocycles. The van der Waals surface area contributed by atoms with Crippen LogP contribution in [0.1, 0.15) is 22.5 Å². The van der Waals surface area contributed by atoms with Gasteiger partial charge >= 0.3 is 0 Å². The molecule has 0 aliphatic rings. The average Bonchev–Trinajstić information content (AvgIpc) is 2.95. The molecule has 4 nitrogen and oxygen atoms in total. The quantitative estimate of drug-likeness (QED) is 0.497. The van der Waals surface area contributed by atoms with Crippen molar-refractivity contribution in [1.82, 2.24) is 14.8 Å². The molecule has 0 aliphatic carbocycles. The van der Waals surface area contributed by atoms with Crippen LogP contribution in [0.3, 0.4) is 0 Å². The summed E-state index contributed by atoms with van der Waals surface area (Å²) in [6, 6.07) is 11.7. The molecule has 1 heterocycles. The van der Waals surface area contributed by atoms with Crippen LogP contribution in [0.5, 0.6) is 5.75 Å². The third-order valence-electron chi connectivity index (χ3n) is 4.03. The lowest BCUT2D eigenvalue weighted by Gasteiger charge is -2.10. The molecule has 0 unspecified atom stereocenters. The first-order valence-electron chi connectivity index (χ1n) is 8.09. The Morgan fingerprint density at radius 1 is 1.08 bits per heavy atom. The lowest BCUT2D eigenvalue weighted by atomic mass is 10.1. The molecule has 0 bridgehead atoms. The van der Waals surface area contributed by atoms with Gasteiger partial charge in [-0.2, -0.15) is 0 Å². The minimum Gasteiger partial charge on any atom is -0.485 e. The zero-order chi connectivity index (χ0) is 18.7. The van der Waals surface area contributed by atoms with E-state index in [9.17, 15) is 0 Å². The van der Waals surface area contributed by atoms with E-state index in [0.717, 1.165) is 33.4 Å². The predicted molar refractivity (Wildman–Crippen MR) is 107 cm³/mol. The highest BCUT2D eigenvalue weighted by atomic mass is 35.5. The molecule has 136 valence electrons. The lowest BCUT2D eigenvalue weighted by molar-refractivity contribution is 0.288. The Labute approximate surface area is 167 Å². The fourth-order valence-corrected chi connectivity index (χ4v) is 4.08. The number of nitrogens with zero attached hydrogens (tertiary/aromatic N) is 3. The van der Waals surface area contributed by atoms with E-state index in [-0.39, 0.29) is 0 Å². The van der Waals surface area contributed by atoms with Gasteiger partial charge in [0.1, 0.15) is 12.4 Å². The third-order valence-corrected chi connectivity index (χ3v) is 5.79. The second-order valence-electron chi connectivity index (χ2n) is 6.00. The number of aryl methyl sites for hydroxylation is 2. The molecule has 0 amide bonds. The maximum absolute atomic E-state index is 6.23. The number of thioether (sulfide) groups is 1. The van der Waals surface area contributed by atoms with Crippen LogP contribution in [0.15, 0.2) is 41.6 Å². The summed E-state index contributed by atoms with van der Waals surface area (Å²) in [5.41, 5.74) is 3.16. The van der Waals surface area contributed by atoms with E-state index in [1.807, 2.05) is 49.7 Å². The van der Waals surface area contributed by atoms with Gasteiger partial charge in [0.2, 0.25) is 0 Å². The van der Waals surface area contributed by atoms with E-state index in [0.29, 0.717) is 22.4 Å². The van der Waals surface area contributed by atoms with E-state index >= 15 is 0 Å². The monoisotopic (exact) mass is 407 g/mol. The first kappa shape index (κ1) is 19.1. The van der Waals surface area contributed by atoms with Gasteiger partial charge in [0.15, 0.2) is 11.0 Å². The Bertz CT molecular complexity index is 907. The summed E-state index contributed by atoms with van der Waals surface area (Å²) in [4.78, 5) is 0. The fraction of sp³-hybridized carbons (Fsp3) is 0.263. The van der Waals surface area contributed by atoms with Crippen molar-refractivity contribution in [2.75, 3.05) is 0 Å². The van der Waals surface area contributed by atoms with Gasteiger partial charge in [-0.25, -0.2) is 0 Å². The summed E-state index contributed by atoms with van der Waals surface area (Å²) < 4.78 is 7.86. The van der Waals surface area contributed by atoms with Crippen LogP contribution in [-0.4, -0.2) is 14.8 Å². The molecule has 3 aromatic rings. The maximum Gasteiger partial charge on any atom is 0.191 e. The van der Waals surface area contributed by atoms with E-state index < -0.39 is 0 Å². The van der Waals surface area contributed by atoms with Gasteiger partial charge < -0.3 is 9.30 Å². The Kier molecular flexibility index (Phi) is 6.12. The molecule has 3 rings (SSSR count). The number of ether oxygens (including phenoxy) is 1. The van der Waals surface area contributed by atoms with Crippen molar-refractivity contribution in [3.63, 3.8) is 0 Å². The van der Waals surface area contributed by atoms with Crippen LogP contribution in [-0.2, 0) is 19.4 Å². The second kappa shape index (κ2) is 8.33. The molecule has 0 spiro atoms. The van der Waals surface area contributed by atoms with Gasteiger partial charge in [0.05, 0.1) is 0 Å². The molecule has 26 heavy (non-hydrogen) atoms. The van der Waals surface area contributed by atoms with Gasteiger partial charge in [-0.1, -0.05) is 53.2 Å². The number of halogens is 2. The summed E-state index contributed by atoms with van der Waals surface area (Å²) in [7, 11) is 1.93. The van der Waals surface area contributed by atoms with Crippen molar-refractivity contribution >= 4 is 35.0 Å². The van der Waals surface area contributed by atoms with E-state index in [4.69, 9.17) is 27.9 Å². The predicted octanol–water partition coefficient (Wildman–Crippen LogP) is 5.61. The Morgan fingerprint density at radius 2 is 1.81 bits per heavy atom. The SMILES string of the molecule is Cc1ccc(C)c(OCc2nnc(SCc3c(Cl)cccc3Cl)n2C)c1. The number of hydrogen-bond donors (Lipinski definition) is 0. The van der Waals surface area contributed by atoms with Gasteiger partial charge in [-0.05, 0) is 48.7 Å². The minimum atomic E-state index is 0.362. The van der Waals surface area contributed by atoms with Crippen molar-refractivity contribution in [3.8, 4) is 5.75 Å². The number of hydrogen-bond acceptors (Lipinski definition) is 4. The second-order valence-corrected chi connectivity index (χ2v) is 7.76. The van der Waals surface area contributed by atoms with Crippen LogP contribution in [0.25, 0.3) is 0 Å². The molecule has 0 fully saturated rings. The van der Waals surface area contributed by atoms with Gasteiger partial charge in [0.25, 0.3) is 0 Å². The maximum atomic E-state index is 6.23. The zero-order valence-corrected chi connectivity index (χ0v) is 17.1. The van der Waals surface area contributed by atoms with Crippen LogP contribution in [0, 0.1) is 13.8 Å². The van der Waals surface area contributed by atoms with Gasteiger partial charge in [-0.15, -0.1) is 10.2 Å². The van der Waals surface area contributed by atoms with Crippen molar-refractivity contribution in [2.24, 2.45) is 7.05 Å². The van der Waals surface area contributed by atoms with Crippen LogP contribution in [0.2, 0.25) is 10.0 Å². The smallest absolute Gasteiger partial charge is 0.191 e. The van der Waals surface area contributed by atoms with Gasteiger partial charge in [-0.3, -0.25) is 0 Å². The molecular formula is C19H19Cl2N3OS. The normalized spacial score (nSPS) is 11.0. The zero-order valence-electron chi connectivity index (χ0n) is 14.8. The first-order valence-corrected chi connectivity index (χ1v) is 9.84. The lowest BCUT2D eigenvalue weighted by Crippen LogP contribution is -2.05. The Balaban J connectivity index is 1.67. The first-order chi connectivity index (χ1) is 12.5. The topological polar surface area (TPSA) is 39.9 Å². The Hall–Kier alpha value is -1.69. The summed E-state index contributed by atoms with van der Waals surface area (Å²) in [5.74, 6) is 2.26. The number of rotatable bonds is 6. The highest BCUT2D eigenvalue weighted by molar-refractivity contribution is 7.98. The van der Waals surface area contributed by atoms with Crippen molar-refractivity contribution in [2.45, 2.75) is 31.4 Å². The van der Waals surface area contributed by atoms with E-state index in [1.54, 1.807) is 11.8 Å². The molecule has 2 aromatic carbocycles. The molecule has 0 radical (unpaired) electrons. The summed E-state index contributed by atoms with van der Waals surface area (Å²) >= 11 is 14.0. The average molecular weight is 408 g/mol. The molecule has 7 heteroatoms. The summed E-state index contributed by atoms with van der Waals surface area (Å²) in [6.07, 6.45) is 0. The largest absolute Gasteiger partial charge is 0.485 e. The number of benzene rings is 2. The molecule has 0 atom stereocenters. The summed E-state index contributed by atoms with van der Waals surface area (Å²) in [6.45, 7) is 4.44. The van der Waals surface area contributed by atoms with Crippen molar-refractivity contribution in [1.29, 1.82) is 0 Å². The Morgan fingerprint density at radius 3 is 2.54 bits per heavy atom. The summed E-state index contributed by atoms with van der Waals surface area (Å²) in [5, 5.41) is 10.6. The third kappa shape index (κ3) is 4.34. The standard InChI is InChI=1S/C19H19Cl2N3OS/c1-12-7-8-13(2)17(9-12)25-10-18-22-23-19(24(18)3)26-11-14-15(20)5-4-6-16(14)21/h4-9H,10-11H2,1-3H3. The van der Waals surface area contributed by atoms with Crippen LogP contribution >= 0.6 is 35.0 Å². The van der Waals surface area contributed by atoms with Crippen LogP contribution in [0.4, 0.5) is 0 Å². The van der Waals surface area contributed by atoms with Gasteiger partial charge in [0, 0.05) is 22.8 Å². The van der Waals surface area contributed by atoms with Crippen LogP contribution < -0.4 is 4.74 Å². The minimum absolute atomic E-state index is 0.362. The van der Waals surface area contributed by atoms with E-state index in [1.165, 1.54) is 0 Å². The molecule has 0 aliphatic heterocycles. The number of aromatic nitrogens is 3. The molecule has 1 aromatic heterocycles. The molecule has 0 saturated heterocycles. The van der Waals surface area contributed by atoms with E-state index in [2.05, 4.69) is 22.3 Å². The fourth-order valence-electron chi connectivity index (χ4n) is 2.41. The van der Waals surface area contributed by atoms with Crippen molar-refractivity contribution in [3.05, 3.63) is 69.0 Å².